The molecule has 3 aromatic carbocycles. The summed E-state index contributed by atoms with van der Waals surface area (Å²) in [6, 6.07) is 21.7. The van der Waals surface area contributed by atoms with E-state index in [-0.39, 0.29) is 12.2 Å². The number of esters is 1. The zero-order valence-corrected chi connectivity index (χ0v) is 25.5. The molecule has 43 heavy (non-hydrogen) atoms. The number of fused-ring (bicyclic) bond motifs is 1. The van der Waals surface area contributed by atoms with E-state index in [1.807, 2.05) is 99.6 Å². The molecule has 1 aromatic heterocycles. The number of carbonyl (C=O) groups excluding carboxylic acids is 1. The highest BCUT2D eigenvalue weighted by molar-refractivity contribution is 7.07. The lowest BCUT2D eigenvalue weighted by atomic mass is 9.93. The van der Waals surface area contributed by atoms with Crippen LogP contribution >= 0.6 is 11.3 Å². The molecule has 9 heteroatoms. The fraction of sp³-hybridized carbons (Fsp3) is 0.265. The molecule has 222 valence electrons. The van der Waals surface area contributed by atoms with E-state index in [9.17, 15) is 9.59 Å². The Balaban J connectivity index is 1.75. The number of rotatable bonds is 11. The largest absolute Gasteiger partial charge is 0.494 e. The van der Waals surface area contributed by atoms with Crippen molar-refractivity contribution >= 4 is 29.1 Å². The first-order chi connectivity index (χ1) is 21.0. The number of aromatic nitrogens is 1. The van der Waals surface area contributed by atoms with Gasteiger partial charge in [0.15, 0.2) is 16.3 Å². The van der Waals surface area contributed by atoms with E-state index >= 15 is 0 Å². The average Bonchev–Trinajstić information content (AvgIpc) is 3.33. The zero-order valence-electron chi connectivity index (χ0n) is 24.7. The summed E-state index contributed by atoms with van der Waals surface area (Å²) >= 11 is 1.27. The first-order valence-corrected chi connectivity index (χ1v) is 15.2. The standard InChI is InChI=1S/C34H34N2O6S/c1-5-39-25-17-15-24(16-18-25)31-29(33(38)42-8-4)30(23-12-10-9-11-13-23)35-34-36(31)32(37)28(43-34)21-22-14-19-26(40-6-2)27(20-22)41-7-3/h9-21,31H,5-8H2,1-4H3/b28-21-/t31-/m0/s1. The maximum atomic E-state index is 14.1. The van der Waals surface area contributed by atoms with Gasteiger partial charge in [-0.1, -0.05) is 59.9 Å². The number of nitrogens with zero attached hydrogens (tertiary/aromatic N) is 2. The van der Waals surface area contributed by atoms with Crippen LogP contribution in [0.3, 0.4) is 0 Å². The van der Waals surface area contributed by atoms with E-state index in [1.165, 1.54) is 11.3 Å². The molecule has 0 saturated carbocycles. The lowest BCUT2D eigenvalue weighted by molar-refractivity contribution is -0.138. The fourth-order valence-electron chi connectivity index (χ4n) is 4.98. The molecule has 0 bridgehead atoms. The summed E-state index contributed by atoms with van der Waals surface area (Å²) in [4.78, 5) is 33.2. The van der Waals surface area contributed by atoms with Crippen LogP contribution < -0.4 is 29.1 Å². The molecule has 1 aliphatic rings. The van der Waals surface area contributed by atoms with Crippen LogP contribution in [0.1, 0.15) is 50.4 Å². The minimum Gasteiger partial charge on any atom is -0.494 e. The molecule has 0 radical (unpaired) electrons. The van der Waals surface area contributed by atoms with Crippen molar-refractivity contribution in [1.82, 2.24) is 4.57 Å². The summed E-state index contributed by atoms with van der Waals surface area (Å²) in [6.45, 7) is 9.20. The van der Waals surface area contributed by atoms with Gasteiger partial charge in [-0.3, -0.25) is 9.36 Å². The van der Waals surface area contributed by atoms with Gasteiger partial charge in [0, 0.05) is 5.56 Å². The topological polar surface area (TPSA) is 88.4 Å². The molecule has 4 aromatic rings. The Morgan fingerprint density at radius 3 is 2.23 bits per heavy atom. The molecule has 0 spiro atoms. The van der Waals surface area contributed by atoms with Gasteiger partial charge in [-0.15, -0.1) is 0 Å². The van der Waals surface area contributed by atoms with Gasteiger partial charge >= 0.3 is 5.97 Å². The van der Waals surface area contributed by atoms with Gasteiger partial charge in [0.05, 0.1) is 48.3 Å². The molecule has 1 atom stereocenters. The molecule has 1 aliphatic heterocycles. The molecular weight excluding hydrogens is 564 g/mol. The normalized spacial score (nSPS) is 14.6. The monoisotopic (exact) mass is 598 g/mol. The summed E-state index contributed by atoms with van der Waals surface area (Å²) in [5.41, 5.74) is 2.79. The summed E-state index contributed by atoms with van der Waals surface area (Å²) in [7, 11) is 0. The number of carbonyl (C=O) groups is 1. The predicted octanol–water partition coefficient (Wildman–Crippen LogP) is 5.13. The van der Waals surface area contributed by atoms with Crippen molar-refractivity contribution in [2.75, 3.05) is 26.4 Å². The Kier molecular flexibility index (Phi) is 9.41. The molecule has 2 heterocycles. The van der Waals surface area contributed by atoms with Crippen molar-refractivity contribution in [3.05, 3.63) is 115 Å². The molecule has 8 nitrogen and oxygen atoms in total. The van der Waals surface area contributed by atoms with E-state index in [0.717, 1.165) is 16.7 Å². The van der Waals surface area contributed by atoms with Crippen molar-refractivity contribution < 1.29 is 23.7 Å². The van der Waals surface area contributed by atoms with E-state index in [2.05, 4.69) is 0 Å². The fourth-order valence-corrected chi connectivity index (χ4v) is 5.98. The minimum atomic E-state index is -0.761. The van der Waals surface area contributed by atoms with Crippen LogP contribution in [-0.2, 0) is 9.53 Å². The summed E-state index contributed by atoms with van der Waals surface area (Å²) in [5.74, 6) is 1.43. The Morgan fingerprint density at radius 2 is 1.56 bits per heavy atom. The summed E-state index contributed by atoms with van der Waals surface area (Å²) in [5, 5.41) is 0. The second kappa shape index (κ2) is 13.6. The Bertz CT molecular complexity index is 1810. The Hall–Kier alpha value is -4.63. The Labute approximate surface area is 254 Å². The SMILES string of the molecule is CCOC(=O)C1=C(c2ccccc2)N=c2s/c(=C\c3ccc(OCC)c(OCC)c3)c(=O)n2[C@H]1c1ccc(OCC)cc1. The summed E-state index contributed by atoms with van der Waals surface area (Å²) in [6.07, 6.45) is 1.81. The third kappa shape index (κ3) is 6.27. The number of hydrogen-bond donors (Lipinski definition) is 0. The van der Waals surface area contributed by atoms with Crippen LogP contribution in [0.4, 0.5) is 0 Å². The highest BCUT2D eigenvalue weighted by Crippen LogP contribution is 2.36. The van der Waals surface area contributed by atoms with Gasteiger partial charge in [0.2, 0.25) is 0 Å². The molecular formula is C34H34N2O6S. The maximum absolute atomic E-state index is 14.1. The number of hydrogen-bond acceptors (Lipinski definition) is 8. The molecule has 5 rings (SSSR count). The van der Waals surface area contributed by atoms with Crippen LogP contribution in [0.15, 0.2) is 88.2 Å². The van der Waals surface area contributed by atoms with Gasteiger partial charge in [-0.25, -0.2) is 9.79 Å². The maximum Gasteiger partial charge on any atom is 0.338 e. The first-order valence-electron chi connectivity index (χ1n) is 14.4. The van der Waals surface area contributed by atoms with Crippen molar-refractivity contribution in [3.63, 3.8) is 0 Å². The zero-order chi connectivity index (χ0) is 30.3. The third-order valence-electron chi connectivity index (χ3n) is 6.75. The van der Waals surface area contributed by atoms with Gasteiger partial charge < -0.3 is 18.9 Å². The number of benzene rings is 3. The van der Waals surface area contributed by atoms with E-state index in [1.54, 1.807) is 11.5 Å². The quantitative estimate of drug-likeness (QED) is 0.223. The van der Waals surface area contributed by atoms with Gasteiger partial charge in [-0.05, 0) is 69.2 Å². The second-order valence-corrected chi connectivity index (χ2v) is 10.5. The van der Waals surface area contributed by atoms with Crippen LogP contribution in [0.5, 0.6) is 17.2 Å². The van der Waals surface area contributed by atoms with Gasteiger partial charge in [-0.2, -0.15) is 0 Å². The van der Waals surface area contributed by atoms with Gasteiger partial charge in [0.1, 0.15) is 5.75 Å². The van der Waals surface area contributed by atoms with E-state index in [0.29, 0.717) is 57.7 Å². The lowest BCUT2D eigenvalue weighted by Gasteiger charge is -2.26. The van der Waals surface area contributed by atoms with Crippen molar-refractivity contribution in [2.45, 2.75) is 33.7 Å². The molecule has 0 amide bonds. The van der Waals surface area contributed by atoms with Crippen molar-refractivity contribution in [2.24, 2.45) is 4.99 Å². The van der Waals surface area contributed by atoms with Crippen LogP contribution in [-0.4, -0.2) is 37.0 Å². The number of ether oxygens (including phenoxy) is 4. The van der Waals surface area contributed by atoms with Crippen LogP contribution in [0.2, 0.25) is 0 Å². The highest BCUT2D eigenvalue weighted by Gasteiger charge is 2.35. The average molecular weight is 599 g/mol. The Morgan fingerprint density at radius 1 is 0.860 bits per heavy atom. The molecule has 0 fully saturated rings. The third-order valence-corrected chi connectivity index (χ3v) is 7.73. The van der Waals surface area contributed by atoms with E-state index < -0.39 is 12.0 Å². The lowest BCUT2D eigenvalue weighted by Crippen LogP contribution is -2.40. The molecule has 0 N–H and O–H groups in total. The number of thiazole rings is 1. The molecule has 0 aliphatic carbocycles. The van der Waals surface area contributed by atoms with Crippen LogP contribution in [0, 0.1) is 0 Å². The van der Waals surface area contributed by atoms with Crippen LogP contribution in [0.25, 0.3) is 11.8 Å². The minimum absolute atomic E-state index is 0.185. The predicted molar refractivity (Wildman–Crippen MR) is 167 cm³/mol. The first kappa shape index (κ1) is 29.8. The van der Waals surface area contributed by atoms with Crippen molar-refractivity contribution in [3.8, 4) is 17.2 Å². The molecule has 0 unspecified atom stereocenters. The second-order valence-electron chi connectivity index (χ2n) is 9.51. The molecule has 0 saturated heterocycles. The smallest absolute Gasteiger partial charge is 0.338 e. The summed E-state index contributed by atoms with van der Waals surface area (Å²) < 4.78 is 24.8. The van der Waals surface area contributed by atoms with Gasteiger partial charge in [0.25, 0.3) is 5.56 Å². The van der Waals surface area contributed by atoms with E-state index in [4.69, 9.17) is 23.9 Å². The highest BCUT2D eigenvalue weighted by atomic mass is 32.1. The van der Waals surface area contributed by atoms with Crippen molar-refractivity contribution in [1.29, 1.82) is 0 Å².